The smallest absolute Gasteiger partial charge is 0.173 e. The minimum Gasteiger partial charge on any atom is -0.307 e. The van der Waals surface area contributed by atoms with E-state index < -0.39 is 0 Å². The van der Waals surface area contributed by atoms with Gasteiger partial charge in [0.15, 0.2) is 5.82 Å². The molecular weight excluding hydrogens is 330 g/mol. The molecule has 0 aliphatic heterocycles. The van der Waals surface area contributed by atoms with Gasteiger partial charge in [-0.1, -0.05) is 36.7 Å². The molecule has 1 unspecified atom stereocenters. The molecule has 2 aromatic rings. The Morgan fingerprint density at radius 3 is 2.71 bits per heavy atom. The summed E-state index contributed by atoms with van der Waals surface area (Å²) < 4.78 is 2.91. The first kappa shape index (κ1) is 16.1. The Kier molecular flexibility index (Phi) is 5.47. The third kappa shape index (κ3) is 3.89. The molecule has 0 saturated heterocycles. The van der Waals surface area contributed by atoms with Crippen LogP contribution in [0.15, 0.2) is 22.7 Å². The van der Waals surface area contributed by atoms with Gasteiger partial charge in [0.2, 0.25) is 0 Å². The third-order valence-electron chi connectivity index (χ3n) is 3.36. The van der Waals surface area contributed by atoms with E-state index in [0.29, 0.717) is 5.92 Å². The third-order valence-corrected chi connectivity index (χ3v) is 3.86. The zero-order valence-electron chi connectivity index (χ0n) is 13.0. The molecule has 1 heterocycles. The van der Waals surface area contributed by atoms with Crippen LogP contribution in [0.1, 0.15) is 45.1 Å². The minimum absolute atomic E-state index is 0.107. The lowest BCUT2D eigenvalue weighted by atomic mass is 10.1. The number of hydrogen-bond donors (Lipinski definition) is 1. The SMILES string of the molecule is CCc1cc(Br)ccc1-n1nnnc1C(C)NCC(C)C. The monoisotopic (exact) mass is 351 g/mol. The van der Waals surface area contributed by atoms with Crippen LogP contribution < -0.4 is 5.32 Å². The van der Waals surface area contributed by atoms with Gasteiger partial charge in [0.05, 0.1) is 11.7 Å². The van der Waals surface area contributed by atoms with E-state index in [2.05, 4.69) is 76.6 Å². The number of aromatic nitrogens is 4. The summed E-state index contributed by atoms with van der Waals surface area (Å²) >= 11 is 3.52. The van der Waals surface area contributed by atoms with Gasteiger partial charge in [-0.3, -0.25) is 0 Å². The molecule has 2 rings (SSSR count). The molecule has 114 valence electrons. The van der Waals surface area contributed by atoms with E-state index in [-0.39, 0.29) is 6.04 Å². The van der Waals surface area contributed by atoms with Gasteiger partial charge in [0, 0.05) is 4.47 Å². The molecule has 0 aliphatic carbocycles. The molecule has 0 bridgehead atoms. The van der Waals surface area contributed by atoms with Crippen molar-refractivity contribution in [3.63, 3.8) is 0 Å². The normalized spacial score (nSPS) is 12.9. The van der Waals surface area contributed by atoms with Crippen molar-refractivity contribution in [2.45, 2.75) is 40.2 Å². The molecule has 0 spiro atoms. The highest BCUT2D eigenvalue weighted by atomic mass is 79.9. The van der Waals surface area contributed by atoms with Crippen molar-refractivity contribution < 1.29 is 0 Å². The Bertz CT molecular complexity index is 593. The second kappa shape index (κ2) is 7.13. The fourth-order valence-electron chi connectivity index (χ4n) is 2.18. The fraction of sp³-hybridized carbons (Fsp3) is 0.533. The lowest BCUT2D eigenvalue weighted by molar-refractivity contribution is 0.474. The van der Waals surface area contributed by atoms with Crippen LogP contribution in [0.2, 0.25) is 0 Å². The van der Waals surface area contributed by atoms with E-state index in [9.17, 15) is 0 Å². The van der Waals surface area contributed by atoms with Crippen molar-refractivity contribution in [1.29, 1.82) is 0 Å². The molecule has 1 atom stereocenters. The number of hydrogen-bond acceptors (Lipinski definition) is 4. The zero-order chi connectivity index (χ0) is 15.4. The molecule has 1 aromatic heterocycles. The summed E-state index contributed by atoms with van der Waals surface area (Å²) in [5, 5.41) is 15.7. The lowest BCUT2D eigenvalue weighted by Crippen LogP contribution is -2.26. The quantitative estimate of drug-likeness (QED) is 0.867. The van der Waals surface area contributed by atoms with Crippen LogP contribution >= 0.6 is 15.9 Å². The Morgan fingerprint density at radius 2 is 2.05 bits per heavy atom. The lowest BCUT2D eigenvalue weighted by Gasteiger charge is -2.16. The highest BCUT2D eigenvalue weighted by Crippen LogP contribution is 2.22. The molecule has 0 saturated carbocycles. The molecular formula is C15H22BrN5. The number of benzene rings is 1. The van der Waals surface area contributed by atoms with Crippen LogP contribution in [0, 0.1) is 5.92 Å². The first-order valence-corrected chi connectivity index (χ1v) is 8.12. The second-order valence-corrected chi connectivity index (χ2v) is 6.51. The summed E-state index contributed by atoms with van der Waals surface area (Å²) in [7, 11) is 0. The van der Waals surface area contributed by atoms with Gasteiger partial charge in [-0.25, -0.2) is 0 Å². The summed E-state index contributed by atoms with van der Waals surface area (Å²) in [5.41, 5.74) is 2.26. The van der Waals surface area contributed by atoms with Crippen LogP contribution in [0.4, 0.5) is 0 Å². The molecule has 0 fully saturated rings. The maximum Gasteiger partial charge on any atom is 0.173 e. The predicted molar refractivity (Wildman–Crippen MR) is 87.5 cm³/mol. The summed E-state index contributed by atoms with van der Waals surface area (Å²) in [6.07, 6.45) is 0.932. The number of nitrogens with one attached hydrogen (secondary N) is 1. The maximum atomic E-state index is 4.20. The highest BCUT2D eigenvalue weighted by Gasteiger charge is 2.17. The average molecular weight is 352 g/mol. The van der Waals surface area contributed by atoms with E-state index in [1.54, 1.807) is 0 Å². The van der Waals surface area contributed by atoms with Crippen LogP contribution in [-0.2, 0) is 6.42 Å². The van der Waals surface area contributed by atoms with Crippen molar-refractivity contribution in [2.75, 3.05) is 6.54 Å². The van der Waals surface area contributed by atoms with Gasteiger partial charge in [-0.2, -0.15) is 4.68 Å². The van der Waals surface area contributed by atoms with Crippen molar-refractivity contribution >= 4 is 15.9 Å². The van der Waals surface area contributed by atoms with E-state index in [0.717, 1.165) is 29.0 Å². The van der Waals surface area contributed by atoms with E-state index in [4.69, 9.17) is 0 Å². The number of tetrazole rings is 1. The summed E-state index contributed by atoms with van der Waals surface area (Å²) in [5.74, 6) is 1.43. The molecule has 0 radical (unpaired) electrons. The topological polar surface area (TPSA) is 55.6 Å². The zero-order valence-corrected chi connectivity index (χ0v) is 14.6. The number of halogens is 1. The Morgan fingerprint density at radius 1 is 1.29 bits per heavy atom. The van der Waals surface area contributed by atoms with Crippen molar-refractivity contribution in [3.05, 3.63) is 34.1 Å². The molecule has 1 aromatic carbocycles. The number of nitrogens with zero attached hydrogens (tertiary/aromatic N) is 4. The van der Waals surface area contributed by atoms with Crippen LogP contribution in [0.5, 0.6) is 0 Å². The molecule has 6 heteroatoms. The van der Waals surface area contributed by atoms with Crippen LogP contribution in [0.25, 0.3) is 5.69 Å². The highest BCUT2D eigenvalue weighted by molar-refractivity contribution is 9.10. The van der Waals surface area contributed by atoms with E-state index >= 15 is 0 Å². The second-order valence-electron chi connectivity index (χ2n) is 5.60. The van der Waals surface area contributed by atoms with Gasteiger partial charge >= 0.3 is 0 Å². The molecule has 21 heavy (non-hydrogen) atoms. The van der Waals surface area contributed by atoms with E-state index in [1.165, 1.54) is 5.56 Å². The minimum atomic E-state index is 0.107. The van der Waals surface area contributed by atoms with Crippen molar-refractivity contribution in [3.8, 4) is 5.69 Å². The summed E-state index contributed by atoms with van der Waals surface area (Å²) in [6.45, 7) is 9.54. The van der Waals surface area contributed by atoms with Gasteiger partial charge in [0.25, 0.3) is 0 Å². The van der Waals surface area contributed by atoms with Gasteiger partial charge in [-0.15, -0.1) is 5.10 Å². The Labute approximate surface area is 134 Å². The Balaban J connectivity index is 2.32. The molecule has 0 aliphatic rings. The van der Waals surface area contributed by atoms with Crippen LogP contribution in [0.3, 0.4) is 0 Å². The average Bonchev–Trinajstić information content (AvgIpc) is 2.93. The first-order chi connectivity index (χ1) is 10.0. The maximum absolute atomic E-state index is 4.20. The molecule has 0 amide bonds. The fourth-order valence-corrected chi connectivity index (χ4v) is 2.59. The first-order valence-electron chi connectivity index (χ1n) is 7.33. The summed E-state index contributed by atoms with van der Waals surface area (Å²) in [4.78, 5) is 0. The number of rotatable bonds is 6. The Hall–Kier alpha value is -1.27. The van der Waals surface area contributed by atoms with Gasteiger partial charge in [0.1, 0.15) is 0 Å². The largest absolute Gasteiger partial charge is 0.307 e. The predicted octanol–water partition coefficient (Wildman–Crippen LogP) is 3.29. The van der Waals surface area contributed by atoms with E-state index in [1.807, 2.05) is 10.7 Å². The van der Waals surface area contributed by atoms with Crippen LogP contribution in [-0.4, -0.2) is 26.8 Å². The standard InChI is InChI=1S/C15H22BrN5/c1-5-12-8-13(16)6-7-14(12)21-15(18-19-20-21)11(4)17-9-10(2)3/h6-8,10-11,17H,5,9H2,1-4H3. The van der Waals surface area contributed by atoms with Gasteiger partial charge < -0.3 is 5.32 Å². The van der Waals surface area contributed by atoms with Crippen molar-refractivity contribution in [2.24, 2.45) is 5.92 Å². The van der Waals surface area contributed by atoms with Crippen molar-refractivity contribution in [1.82, 2.24) is 25.5 Å². The summed E-state index contributed by atoms with van der Waals surface area (Å²) in [6, 6.07) is 6.30. The molecule has 1 N–H and O–H groups in total. The van der Waals surface area contributed by atoms with Gasteiger partial charge in [-0.05, 0) is 60.0 Å². The molecule has 5 nitrogen and oxygen atoms in total. The number of aryl methyl sites for hydroxylation is 1.